The number of hydrogen-bond acceptors (Lipinski definition) is 6. The Kier molecular flexibility index (Phi) is 2.70. The minimum atomic E-state index is 0.403. The van der Waals surface area contributed by atoms with Gasteiger partial charge in [-0.15, -0.1) is 0 Å². The Balaban J connectivity index is 2.10. The summed E-state index contributed by atoms with van der Waals surface area (Å²) in [5.74, 6) is 0. The molecule has 2 aromatic heterocycles. The molecule has 0 aliphatic rings. The van der Waals surface area contributed by atoms with E-state index >= 15 is 0 Å². The molecule has 0 saturated heterocycles. The Morgan fingerprint density at radius 3 is 2.79 bits per heavy atom. The summed E-state index contributed by atoms with van der Waals surface area (Å²) in [6.45, 7) is 0.403. The topological polar surface area (TPSA) is 93.4 Å². The zero-order valence-electron chi connectivity index (χ0n) is 7.21. The van der Waals surface area contributed by atoms with E-state index in [0.29, 0.717) is 11.7 Å². The van der Waals surface area contributed by atoms with Crippen LogP contribution in [0.3, 0.4) is 0 Å². The van der Waals surface area contributed by atoms with E-state index in [-0.39, 0.29) is 0 Å². The summed E-state index contributed by atoms with van der Waals surface area (Å²) in [5.41, 5.74) is 6.17. The van der Waals surface area contributed by atoms with Crippen molar-refractivity contribution in [2.24, 2.45) is 5.73 Å². The molecule has 0 aromatic carbocycles. The van der Waals surface area contributed by atoms with Crippen LogP contribution in [0.25, 0.3) is 0 Å². The Morgan fingerprint density at radius 2 is 2.21 bits per heavy atom. The van der Waals surface area contributed by atoms with E-state index in [1.54, 1.807) is 12.4 Å². The van der Waals surface area contributed by atoms with E-state index in [1.165, 1.54) is 18.1 Å². The molecule has 0 spiro atoms. The number of H-pyrrole nitrogens is 1. The summed E-state index contributed by atoms with van der Waals surface area (Å²) in [4.78, 5) is 12.2. The highest BCUT2D eigenvalue weighted by Gasteiger charge is 2.01. The quantitative estimate of drug-likeness (QED) is 0.748. The molecule has 72 valence electrons. The van der Waals surface area contributed by atoms with Crippen molar-refractivity contribution < 1.29 is 0 Å². The van der Waals surface area contributed by atoms with E-state index < -0.39 is 0 Å². The molecule has 0 unspecified atom stereocenters. The summed E-state index contributed by atoms with van der Waals surface area (Å²) >= 11 is 1.37. The van der Waals surface area contributed by atoms with Gasteiger partial charge in [0.05, 0.1) is 18.1 Å². The SMILES string of the molecule is NCc1cnc(Sc2ncn[nH]2)cn1. The monoisotopic (exact) mass is 208 g/mol. The standard InChI is InChI=1S/C7H8N6S/c8-1-5-2-10-6(3-9-5)14-7-11-4-12-13-7/h2-4H,1,8H2,(H,11,12,13). The minimum absolute atomic E-state index is 0.403. The first-order valence-electron chi connectivity index (χ1n) is 3.92. The summed E-state index contributed by atoms with van der Waals surface area (Å²) in [6.07, 6.45) is 4.76. The fourth-order valence-electron chi connectivity index (χ4n) is 0.844. The number of aromatic nitrogens is 5. The normalized spacial score (nSPS) is 10.4. The molecule has 2 aromatic rings. The first kappa shape index (κ1) is 9.10. The first-order valence-corrected chi connectivity index (χ1v) is 4.74. The number of nitrogens with two attached hydrogens (primary N) is 1. The van der Waals surface area contributed by atoms with Crippen LogP contribution in [0.15, 0.2) is 28.9 Å². The summed E-state index contributed by atoms with van der Waals surface area (Å²) in [5, 5.41) is 7.91. The molecule has 7 heteroatoms. The van der Waals surface area contributed by atoms with Crippen molar-refractivity contribution in [2.75, 3.05) is 0 Å². The largest absolute Gasteiger partial charge is 0.325 e. The van der Waals surface area contributed by atoms with Crippen LogP contribution in [0, 0.1) is 0 Å². The van der Waals surface area contributed by atoms with Gasteiger partial charge in [-0.1, -0.05) is 0 Å². The van der Waals surface area contributed by atoms with Crippen molar-refractivity contribution >= 4 is 11.8 Å². The maximum Gasteiger partial charge on any atom is 0.189 e. The van der Waals surface area contributed by atoms with Gasteiger partial charge in [-0.25, -0.2) is 9.97 Å². The molecule has 2 rings (SSSR count). The fraction of sp³-hybridized carbons (Fsp3) is 0.143. The third-order valence-electron chi connectivity index (χ3n) is 1.48. The van der Waals surface area contributed by atoms with Crippen molar-refractivity contribution in [3.8, 4) is 0 Å². The van der Waals surface area contributed by atoms with Crippen molar-refractivity contribution in [1.82, 2.24) is 25.1 Å². The molecule has 0 amide bonds. The van der Waals surface area contributed by atoms with Crippen LogP contribution >= 0.6 is 11.8 Å². The van der Waals surface area contributed by atoms with Gasteiger partial charge in [-0.05, 0) is 11.8 Å². The second kappa shape index (κ2) is 4.16. The number of rotatable bonds is 3. The second-order valence-electron chi connectivity index (χ2n) is 2.44. The van der Waals surface area contributed by atoms with Crippen LogP contribution in [0.5, 0.6) is 0 Å². The lowest BCUT2D eigenvalue weighted by Gasteiger charge is -1.97. The number of aromatic amines is 1. The predicted octanol–water partition coefficient (Wildman–Crippen LogP) is 0.205. The van der Waals surface area contributed by atoms with Crippen LogP contribution in [0.2, 0.25) is 0 Å². The van der Waals surface area contributed by atoms with Gasteiger partial charge in [0.2, 0.25) is 0 Å². The summed E-state index contributed by atoms with van der Waals surface area (Å²) < 4.78 is 0. The molecule has 14 heavy (non-hydrogen) atoms. The molecular weight excluding hydrogens is 200 g/mol. The molecule has 0 atom stereocenters. The van der Waals surface area contributed by atoms with E-state index in [2.05, 4.69) is 25.1 Å². The average molecular weight is 208 g/mol. The average Bonchev–Trinajstić information content (AvgIpc) is 2.72. The van der Waals surface area contributed by atoms with Crippen LogP contribution in [-0.4, -0.2) is 25.1 Å². The Morgan fingerprint density at radius 1 is 1.29 bits per heavy atom. The van der Waals surface area contributed by atoms with Gasteiger partial charge in [0, 0.05) is 6.54 Å². The zero-order valence-corrected chi connectivity index (χ0v) is 8.03. The highest BCUT2D eigenvalue weighted by molar-refractivity contribution is 7.99. The van der Waals surface area contributed by atoms with E-state index in [4.69, 9.17) is 5.73 Å². The van der Waals surface area contributed by atoms with Gasteiger partial charge in [0.1, 0.15) is 11.4 Å². The van der Waals surface area contributed by atoms with Crippen molar-refractivity contribution in [2.45, 2.75) is 16.7 Å². The number of nitrogens with zero attached hydrogens (tertiary/aromatic N) is 4. The zero-order chi connectivity index (χ0) is 9.80. The van der Waals surface area contributed by atoms with Crippen molar-refractivity contribution in [1.29, 1.82) is 0 Å². The van der Waals surface area contributed by atoms with Gasteiger partial charge in [-0.3, -0.25) is 10.1 Å². The third-order valence-corrected chi connectivity index (χ3v) is 2.29. The van der Waals surface area contributed by atoms with E-state index in [9.17, 15) is 0 Å². The lowest BCUT2D eigenvalue weighted by atomic mass is 10.5. The van der Waals surface area contributed by atoms with E-state index in [1.807, 2.05) is 0 Å². The maximum absolute atomic E-state index is 5.40. The van der Waals surface area contributed by atoms with Crippen LogP contribution in [0.4, 0.5) is 0 Å². The number of hydrogen-bond donors (Lipinski definition) is 2. The molecule has 0 aliphatic heterocycles. The number of nitrogens with one attached hydrogen (secondary N) is 1. The molecule has 3 N–H and O–H groups in total. The summed E-state index contributed by atoms with van der Waals surface area (Å²) in [6, 6.07) is 0. The molecule has 0 aliphatic carbocycles. The molecule has 0 fully saturated rings. The second-order valence-corrected chi connectivity index (χ2v) is 3.45. The molecule has 0 bridgehead atoms. The highest BCUT2D eigenvalue weighted by atomic mass is 32.2. The van der Waals surface area contributed by atoms with Gasteiger partial charge in [0.25, 0.3) is 0 Å². The summed E-state index contributed by atoms with van der Waals surface area (Å²) in [7, 11) is 0. The fourth-order valence-corrected chi connectivity index (χ4v) is 1.45. The smallest absolute Gasteiger partial charge is 0.189 e. The van der Waals surface area contributed by atoms with Gasteiger partial charge in [-0.2, -0.15) is 5.10 Å². The van der Waals surface area contributed by atoms with Crippen LogP contribution < -0.4 is 5.73 Å². The lowest BCUT2D eigenvalue weighted by Crippen LogP contribution is -2.00. The molecule has 0 radical (unpaired) electrons. The Hall–Kier alpha value is -1.47. The lowest BCUT2D eigenvalue weighted by molar-refractivity contribution is 0.915. The third kappa shape index (κ3) is 2.06. The first-order chi connectivity index (χ1) is 6.88. The minimum Gasteiger partial charge on any atom is -0.325 e. The highest BCUT2D eigenvalue weighted by Crippen LogP contribution is 2.20. The van der Waals surface area contributed by atoms with Crippen LogP contribution in [-0.2, 0) is 6.54 Å². The maximum atomic E-state index is 5.40. The van der Waals surface area contributed by atoms with Gasteiger partial charge >= 0.3 is 0 Å². The van der Waals surface area contributed by atoms with Crippen molar-refractivity contribution in [3.63, 3.8) is 0 Å². The molecule has 0 saturated carbocycles. The van der Waals surface area contributed by atoms with Gasteiger partial charge < -0.3 is 5.73 Å². The molecule has 6 nitrogen and oxygen atoms in total. The predicted molar refractivity (Wildman–Crippen MR) is 50.4 cm³/mol. The van der Waals surface area contributed by atoms with Crippen molar-refractivity contribution in [3.05, 3.63) is 24.4 Å². The Bertz CT molecular complexity index is 383. The van der Waals surface area contributed by atoms with Crippen LogP contribution in [0.1, 0.15) is 5.69 Å². The molecular formula is C7H8N6S. The molecule has 2 heterocycles. The van der Waals surface area contributed by atoms with E-state index in [0.717, 1.165) is 10.7 Å². The Labute approximate surface area is 84.4 Å². The van der Waals surface area contributed by atoms with Gasteiger partial charge in [0.15, 0.2) is 5.16 Å².